The quantitative estimate of drug-likeness (QED) is 0.841. The van der Waals surface area contributed by atoms with E-state index in [-0.39, 0.29) is 5.33 Å². The van der Waals surface area contributed by atoms with Crippen LogP contribution in [0.4, 0.5) is 10.1 Å². The van der Waals surface area contributed by atoms with Crippen LogP contribution in [0.3, 0.4) is 0 Å². The molecule has 0 saturated carbocycles. The molecular weight excluding hydrogens is 329 g/mol. The van der Waals surface area contributed by atoms with E-state index in [1.54, 1.807) is 12.1 Å². The molecule has 0 heterocycles. The molecule has 0 radical (unpaired) electrons. The Balaban J connectivity index is 2.80. The average Bonchev–Trinajstić information content (AvgIpc) is 2.21. The Hall–Kier alpha value is -0.420. The van der Waals surface area contributed by atoms with E-state index < -0.39 is 10.5 Å². The van der Waals surface area contributed by atoms with Gasteiger partial charge in [0.05, 0.1) is 5.33 Å². The predicted octanol–water partition coefficient (Wildman–Crippen LogP) is 3.39. The predicted molar refractivity (Wildman–Crippen MR) is 66.4 cm³/mol. The van der Waals surface area contributed by atoms with Crippen molar-refractivity contribution in [3.05, 3.63) is 29.8 Å². The van der Waals surface area contributed by atoms with Crippen molar-refractivity contribution in [3.8, 4) is 0 Å². The molecule has 0 aliphatic heterocycles. The van der Waals surface area contributed by atoms with Gasteiger partial charge in [0.25, 0.3) is 10.5 Å². The normalized spacial score (nSPS) is 14.4. The fraction of sp³-hybridized carbons (Fsp3) is 0.300. The number of nitrogens with one attached hydrogen (secondary N) is 1. The number of carbonyl (C=O) groups excluding carboxylic acids is 1. The van der Waals surface area contributed by atoms with Crippen molar-refractivity contribution in [2.24, 2.45) is 0 Å². The van der Waals surface area contributed by atoms with Gasteiger partial charge in [0, 0.05) is 5.69 Å². The fourth-order valence-corrected chi connectivity index (χ4v) is 1.34. The highest BCUT2D eigenvalue weighted by atomic mass is 79.9. The first-order valence-electron chi connectivity index (χ1n) is 4.28. The molecule has 1 amide bonds. The van der Waals surface area contributed by atoms with Crippen LogP contribution in [0, 0.1) is 6.92 Å². The number of para-hydroxylation sites is 1. The Morgan fingerprint density at radius 2 is 2.13 bits per heavy atom. The van der Waals surface area contributed by atoms with E-state index >= 15 is 0 Å². The molecule has 5 heteroatoms. The van der Waals surface area contributed by atoms with Gasteiger partial charge in [0.2, 0.25) is 0 Å². The first kappa shape index (κ1) is 12.6. The topological polar surface area (TPSA) is 29.1 Å². The van der Waals surface area contributed by atoms with E-state index in [9.17, 15) is 9.18 Å². The van der Waals surface area contributed by atoms with Crippen LogP contribution in [-0.4, -0.2) is 15.8 Å². The van der Waals surface area contributed by atoms with E-state index in [0.717, 1.165) is 5.56 Å². The van der Waals surface area contributed by atoms with Gasteiger partial charge in [-0.2, -0.15) is 0 Å². The van der Waals surface area contributed by atoms with Crippen LogP contribution in [0.25, 0.3) is 0 Å². The molecule has 0 bridgehead atoms. The van der Waals surface area contributed by atoms with Crippen LogP contribution in [0.15, 0.2) is 24.3 Å². The second-order valence-corrected chi connectivity index (χ2v) is 4.92. The van der Waals surface area contributed by atoms with Gasteiger partial charge in [0.15, 0.2) is 0 Å². The standard InChI is InChI=1S/C10H10Br2FNO/c1-7-4-2-3-5-8(7)14-9(15)10(12,13)6-11/h2-5H,6H2,1H3,(H,14,15). The zero-order valence-corrected chi connectivity index (χ0v) is 11.2. The number of aryl methyl sites for hydroxylation is 1. The molecule has 0 aliphatic carbocycles. The lowest BCUT2D eigenvalue weighted by Crippen LogP contribution is -2.34. The molecule has 1 aromatic carbocycles. The summed E-state index contributed by atoms with van der Waals surface area (Å²) in [6.07, 6.45) is 0. The number of hydrogen-bond acceptors (Lipinski definition) is 1. The zero-order valence-electron chi connectivity index (χ0n) is 8.06. The number of carbonyl (C=O) groups is 1. The molecular formula is C10H10Br2FNO. The van der Waals surface area contributed by atoms with Gasteiger partial charge in [-0.3, -0.25) is 4.79 Å². The van der Waals surface area contributed by atoms with Crippen LogP contribution in [0.1, 0.15) is 5.56 Å². The zero-order chi connectivity index (χ0) is 11.5. The maximum absolute atomic E-state index is 13.5. The summed E-state index contributed by atoms with van der Waals surface area (Å²) in [5, 5.41) is 2.41. The highest BCUT2D eigenvalue weighted by Gasteiger charge is 2.34. The van der Waals surface area contributed by atoms with Crippen molar-refractivity contribution >= 4 is 43.5 Å². The second kappa shape index (κ2) is 5.07. The Morgan fingerprint density at radius 1 is 1.53 bits per heavy atom. The molecule has 1 atom stereocenters. The van der Waals surface area contributed by atoms with Gasteiger partial charge in [-0.15, -0.1) is 0 Å². The summed E-state index contributed by atoms with van der Waals surface area (Å²) in [6, 6.07) is 7.21. The molecule has 2 nitrogen and oxygen atoms in total. The first-order valence-corrected chi connectivity index (χ1v) is 6.19. The van der Waals surface area contributed by atoms with E-state index in [0.29, 0.717) is 5.69 Å². The van der Waals surface area contributed by atoms with Gasteiger partial charge < -0.3 is 5.32 Å². The molecule has 0 aromatic heterocycles. The summed E-state index contributed by atoms with van der Waals surface area (Å²) >= 11 is 5.62. The number of rotatable bonds is 3. The summed E-state index contributed by atoms with van der Waals surface area (Å²) in [5.41, 5.74) is 1.51. The van der Waals surface area contributed by atoms with Gasteiger partial charge in [0.1, 0.15) is 0 Å². The molecule has 0 saturated heterocycles. The minimum atomic E-state index is -2.07. The Kier molecular flexibility index (Phi) is 4.28. The smallest absolute Gasteiger partial charge is 0.274 e. The van der Waals surface area contributed by atoms with Crippen LogP contribution in [0.2, 0.25) is 0 Å². The molecule has 0 spiro atoms. The number of anilines is 1. The van der Waals surface area contributed by atoms with Gasteiger partial charge in [-0.25, -0.2) is 4.39 Å². The summed E-state index contributed by atoms with van der Waals surface area (Å²) in [7, 11) is 0. The summed E-state index contributed by atoms with van der Waals surface area (Å²) < 4.78 is 11.4. The second-order valence-electron chi connectivity index (χ2n) is 3.11. The van der Waals surface area contributed by atoms with E-state index in [1.165, 1.54) is 0 Å². The van der Waals surface area contributed by atoms with Crippen LogP contribution >= 0.6 is 31.9 Å². The van der Waals surface area contributed by atoms with Crippen molar-refractivity contribution in [3.63, 3.8) is 0 Å². The van der Waals surface area contributed by atoms with Crippen molar-refractivity contribution in [1.29, 1.82) is 0 Å². The molecule has 82 valence electrons. The first-order chi connectivity index (χ1) is 6.97. The highest BCUT2D eigenvalue weighted by Crippen LogP contribution is 2.25. The minimum absolute atomic E-state index is 0.0995. The molecule has 1 N–H and O–H groups in total. The lowest BCUT2D eigenvalue weighted by Gasteiger charge is -2.15. The summed E-state index contributed by atoms with van der Waals surface area (Å²) in [4.78, 5) is 11.5. The average molecular weight is 339 g/mol. The van der Waals surface area contributed by atoms with Crippen molar-refractivity contribution in [1.82, 2.24) is 0 Å². The monoisotopic (exact) mass is 337 g/mol. The van der Waals surface area contributed by atoms with Crippen molar-refractivity contribution in [2.75, 3.05) is 10.6 Å². The largest absolute Gasteiger partial charge is 0.322 e. The van der Waals surface area contributed by atoms with E-state index in [1.807, 2.05) is 19.1 Å². The number of alkyl halides is 3. The Bertz CT molecular complexity index is 368. The van der Waals surface area contributed by atoms with Gasteiger partial charge in [-0.1, -0.05) is 34.1 Å². The molecule has 0 aliphatic rings. The maximum atomic E-state index is 13.5. The van der Waals surface area contributed by atoms with E-state index in [2.05, 4.69) is 37.2 Å². The lowest BCUT2D eigenvalue weighted by molar-refractivity contribution is -0.121. The van der Waals surface area contributed by atoms with Crippen LogP contribution in [0.5, 0.6) is 0 Å². The highest BCUT2D eigenvalue weighted by molar-refractivity contribution is 9.12. The molecule has 1 unspecified atom stereocenters. The summed E-state index contributed by atoms with van der Waals surface area (Å²) in [5.74, 6) is -0.714. The molecule has 1 rings (SSSR count). The maximum Gasteiger partial charge on any atom is 0.274 e. The van der Waals surface area contributed by atoms with E-state index in [4.69, 9.17) is 0 Å². The number of hydrogen-bond donors (Lipinski definition) is 1. The van der Waals surface area contributed by atoms with Gasteiger partial charge in [-0.05, 0) is 34.5 Å². The van der Waals surface area contributed by atoms with Crippen molar-refractivity contribution < 1.29 is 9.18 Å². The van der Waals surface area contributed by atoms with Crippen LogP contribution < -0.4 is 5.32 Å². The Morgan fingerprint density at radius 3 is 2.67 bits per heavy atom. The number of amides is 1. The number of benzene rings is 1. The molecule has 0 fully saturated rings. The SMILES string of the molecule is Cc1ccccc1NC(=O)C(F)(Br)CBr. The third-order valence-electron chi connectivity index (χ3n) is 1.89. The van der Waals surface area contributed by atoms with Crippen LogP contribution in [-0.2, 0) is 4.79 Å². The lowest BCUT2D eigenvalue weighted by atomic mass is 10.2. The summed E-state index contributed by atoms with van der Waals surface area (Å²) in [6.45, 7) is 1.85. The van der Waals surface area contributed by atoms with Crippen molar-refractivity contribution in [2.45, 2.75) is 11.5 Å². The Labute approximate surface area is 105 Å². The molecule has 1 aromatic rings. The fourth-order valence-electron chi connectivity index (χ4n) is 0.988. The molecule has 15 heavy (non-hydrogen) atoms. The minimum Gasteiger partial charge on any atom is -0.322 e. The van der Waals surface area contributed by atoms with Gasteiger partial charge >= 0.3 is 0 Å². The number of halogens is 3. The third-order valence-corrected chi connectivity index (χ3v) is 4.06. The third kappa shape index (κ3) is 3.28.